The zero-order chi connectivity index (χ0) is 21.1. The number of nitrogens with one attached hydrogen (secondary N) is 1. The molecule has 1 N–H and O–H groups in total. The highest BCUT2D eigenvalue weighted by molar-refractivity contribution is 9.10. The molecule has 1 aromatic carbocycles. The molecular formula is C21H17BrN6OS. The van der Waals surface area contributed by atoms with Gasteiger partial charge in [0.25, 0.3) is 0 Å². The van der Waals surface area contributed by atoms with Crippen molar-refractivity contribution < 1.29 is 4.79 Å². The van der Waals surface area contributed by atoms with Gasteiger partial charge in [-0.1, -0.05) is 45.9 Å². The molecule has 3 aromatic heterocycles. The highest BCUT2D eigenvalue weighted by atomic mass is 79.9. The summed E-state index contributed by atoms with van der Waals surface area (Å²) in [5.41, 5.74) is 2.67. The van der Waals surface area contributed by atoms with E-state index in [1.165, 1.54) is 11.8 Å². The fraction of sp³-hybridized carbons (Fsp3) is 0.143. The fourth-order valence-electron chi connectivity index (χ4n) is 3.14. The van der Waals surface area contributed by atoms with Crippen LogP contribution in [0.25, 0.3) is 16.9 Å². The van der Waals surface area contributed by atoms with Crippen LogP contribution in [0.1, 0.15) is 12.5 Å². The average Bonchev–Trinajstić information content (AvgIpc) is 3.33. The Kier molecular flexibility index (Phi) is 5.88. The topological polar surface area (TPSA) is 88.0 Å². The largest absolute Gasteiger partial charge is 0.323 e. The number of hydrogen-bond donors (Lipinski definition) is 1. The minimum absolute atomic E-state index is 0.162. The van der Waals surface area contributed by atoms with Crippen LogP contribution in [0.2, 0.25) is 0 Å². The van der Waals surface area contributed by atoms with E-state index in [0.29, 0.717) is 23.0 Å². The molecule has 0 aliphatic rings. The molecule has 0 saturated heterocycles. The smallest absolute Gasteiger partial charge is 0.234 e. The SMILES string of the molecule is CCn1c(SCC(=O)Nc2cn3ccccc3c2C#N)nnc1-c1ccc(Br)cc1. The highest BCUT2D eigenvalue weighted by Gasteiger charge is 2.16. The number of carbonyl (C=O) groups is 1. The molecule has 0 saturated carbocycles. The number of carbonyl (C=O) groups excluding carboxylic acids is 1. The van der Waals surface area contributed by atoms with Crippen LogP contribution in [0.15, 0.2) is 64.5 Å². The number of fused-ring (bicyclic) bond motifs is 1. The molecule has 4 rings (SSSR count). The maximum atomic E-state index is 12.5. The molecule has 0 fully saturated rings. The summed E-state index contributed by atoms with van der Waals surface area (Å²) in [7, 11) is 0. The number of halogens is 1. The number of nitrogens with zero attached hydrogens (tertiary/aromatic N) is 5. The second-order valence-corrected chi connectivity index (χ2v) is 8.28. The molecule has 0 atom stereocenters. The summed E-state index contributed by atoms with van der Waals surface area (Å²) in [5.74, 6) is 0.719. The van der Waals surface area contributed by atoms with Gasteiger partial charge >= 0.3 is 0 Å². The number of pyridine rings is 1. The molecule has 0 aliphatic heterocycles. The summed E-state index contributed by atoms with van der Waals surface area (Å²) in [6.45, 7) is 2.70. The third kappa shape index (κ3) is 3.97. The molecule has 150 valence electrons. The van der Waals surface area contributed by atoms with Crippen LogP contribution in [0.3, 0.4) is 0 Å². The first-order valence-corrected chi connectivity index (χ1v) is 11.0. The lowest BCUT2D eigenvalue weighted by atomic mass is 10.2. The van der Waals surface area contributed by atoms with E-state index in [0.717, 1.165) is 21.4 Å². The van der Waals surface area contributed by atoms with Gasteiger partial charge in [0.05, 0.1) is 17.0 Å². The zero-order valence-corrected chi connectivity index (χ0v) is 18.4. The van der Waals surface area contributed by atoms with Crippen LogP contribution in [0.5, 0.6) is 0 Å². The Labute approximate surface area is 185 Å². The van der Waals surface area contributed by atoms with E-state index < -0.39 is 0 Å². The Morgan fingerprint density at radius 2 is 2.03 bits per heavy atom. The Morgan fingerprint density at radius 1 is 1.23 bits per heavy atom. The molecule has 4 aromatic rings. The van der Waals surface area contributed by atoms with Crippen molar-refractivity contribution in [1.82, 2.24) is 19.2 Å². The number of thioether (sulfide) groups is 1. The maximum Gasteiger partial charge on any atom is 0.234 e. The first-order chi connectivity index (χ1) is 14.6. The number of nitriles is 1. The van der Waals surface area contributed by atoms with Crippen LogP contribution in [-0.2, 0) is 11.3 Å². The first-order valence-electron chi connectivity index (χ1n) is 9.22. The van der Waals surface area contributed by atoms with Crippen molar-refractivity contribution in [3.05, 3.63) is 64.9 Å². The summed E-state index contributed by atoms with van der Waals surface area (Å²) in [4.78, 5) is 12.5. The molecule has 1 amide bonds. The molecule has 7 nitrogen and oxygen atoms in total. The first kappa shape index (κ1) is 20.2. The van der Waals surface area contributed by atoms with Crippen molar-refractivity contribution >= 4 is 44.8 Å². The van der Waals surface area contributed by atoms with E-state index in [1.807, 2.05) is 64.6 Å². The third-order valence-corrected chi connectivity index (χ3v) is 6.03. The van der Waals surface area contributed by atoms with Crippen molar-refractivity contribution in [3.63, 3.8) is 0 Å². The van der Waals surface area contributed by atoms with E-state index in [9.17, 15) is 10.1 Å². The molecule has 0 unspecified atom stereocenters. The van der Waals surface area contributed by atoms with E-state index in [2.05, 4.69) is 37.5 Å². The molecular weight excluding hydrogens is 464 g/mol. The van der Waals surface area contributed by atoms with Gasteiger partial charge in [0.2, 0.25) is 5.91 Å². The van der Waals surface area contributed by atoms with Crippen molar-refractivity contribution in [2.45, 2.75) is 18.6 Å². The Morgan fingerprint density at radius 3 is 2.77 bits per heavy atom. The quantitative estimate of drug-likeness (QED) is 0.408. The summed E-state index contributed by atoms with van der Waals surface area (Å²) >= 11 is 4.75. The lowest BCUT2D eigenvalue weighted by molar-refractivity contribution is -0.113. The molecule has 9 heteroatoms. The number of rotatable bonds is 6. The van der Waals surface area contributed by atoms with Gasteiger partial charge in [0.1, 0.15) is 11.6 Å². The number of aromatic nitrogens is 4. The minimum atomic E-state index is -0.205. The van der Waals surface area contributed by atoms with Gasteiger partial charge in [-0.05, 0) is 31.2 Å². The normalized spacial score (nSPS) is 10.8. The van der Waals surface area contributed by atoms with Gasteiger partial charge in [-0.2, -0.15) is 5.26 Å². The van der Waals surface area contributed by atoms with Gasteiger partial charge in [-0.3, -0.25) is 4.79 Å². The molecule has 30 heavy (non-hydrogen) atoms. The van der Waals surface area contributed by atoms with Gasteiger partial charge in [-0.25, -0.2) is 0 Å². The van der Waals surface area contributed by atoms with Crippen LogP contribution in [0.4, 0.5) is 5.69 Å². The predicted molar refractivity (Wildman–Crippen MR) is 120 cm³/mol. The van der Waals surface area contributed by atoms with Crippen molar-refractivity contribution in [1.29, 1.82) is 5.26 Å². The Balaban J connectivity index is 1.48. The number of amides is 1. The van der Waals surface area contributed by atoms with Crippen LogP contribution < -0.4 is 5.32 Å². The van der Waals surface area contributed by atoms with Gasteiger partial charge in [0, 0.05) is 29.0 Å². The van der Waals surface area contributed by atoms with Gasteiger partial charge < -0.3 is 14.3 Å². The van der Waals surface area contributed by atoms with Crippen LogP contribution in [0, 0.1) is 11.3 Å². The molecule has 0 aliphatic carbocycles. The number of hydrogen-bond acceptors (Lipinski definition) is 5. The van der Waals surface area contributed by atoms with E-state index >= 15 is 0 Å². The second-order valence-electron chi connectivity index (χ2n) is 6.42. The van der Waals surface area contributed by atoms with Gasteiger partial charge in [0.15, 0.2) is 11.0 Å². The molecule has 3 heterocycles. The van der Waals surface area contributed by atoms with E-state index in [4.69, 9.17) is 0 Å². The summed E-state index contributed by atoms with van der Waals surface area (Å²) in [6.07, 6.45) is 3.59. The zero-order valence-electron chi connectivity index (χ0n) is 16.0. The fourth-order valence-corrected chi connectivity index (χ4v) is 4.21. The summed E-state index contributed by atoms with van der Waals surface area (Å²) < 4.78 is 4.80. The monoisotopic (exact) mass is 480 g/mol. The highest BCUT2D eigenvalue weighted by Crippen LogP contribution is 2.26. The molecule has 0 spiro atoms. The van der Waals surface area contributed by atoms with E-state index in [1.54, 1.807) is 6.20 Å². The van der Waals surface area contributed by atoms with Crippen molar-refractivity contribution in [2.75, 3.05) is 11.1 Å². The third-order valence-electron chi connectivity index (χ3n) is 4.54. The minimum Gasteiger partial charge on any atom is -0.323 e. The van der Waals surface area contributed by atoms with Crippen LogP contribution >= 0.6 is 27.7 Å². The maximum absolute atomic E-state index is 12.5. The van der Waals surface area contributed by atoms with E-state index in [-0.39, 0.29) is 11.7 Å². The Bertz CT molecular complexity index is 1250. The molecule has 0 radical (unpaired) electrons. The average molecular weight is 481 g/mol. The lowest BCUT2D eigenvalue weighted by Crippen LogP contribution is -2.15. The van der Waals surface area contributed by atoms with Crippen molar-refractivity contribution in [3.8, 4) is 17.5 Å². The summed E-state index contributed by atoms with van der Waals surface area (Å²) in [6, 6.07) is 15.6. The lowest BCUT2D eigenvalue weighted by Gasteiger charge is -2.07. The van der Waals surface area contributed by atoms with Crippen LogP contribution in [-0.4, -0.2) is 30.8 Å². The predicted octanol–water partition coefficient (Wildman–Crippen LogP) is 4.58. The summed E-state index contributed by atoms with van der Waals surface area (Å²) in [5, 5.41) is 21.6. The van der Waals surface area contributed by atoms with Gasteiger partial charge in [-0.15, -0.1) is 10.2 Å². The number of benzene rings is 1. The number of anilines is 1. The van der Waals surface area contributed by atoms with Crippen molar-refractivity contribution in [2.24, 2.45) is 0 Å². The molecule has 0 bridgehead atoms. The second kappa shape index (κ2) is 8.73. The Hall–Kier alpha value is -3.09. The standard InChI is InChI=1S/C21H17BrN6OS/c1-2-28-20(14-6-8-15(22)9-7-14)25-26-21(28)30-13-19(29)24-17-12-27-10-4-3-5-18(27)16(17)11-23/h3-10,12H,2,13H2,1H3,(H,24,29).